The Bertz CT molecular complexity index is 838. The highest BCUT2D eigenvalue weighted by Gasteiger charge is 2.33. The summed E-state index contributed by atoms with van der Waals surface area (Å²) in [6.45, 7) is 1.72. The van der Waals surface area contributed by atoms with Crippen molar-refractivity contribution in [3.8, 4) is 0 Å². The molecule has 1 N–H and O–H groups in total. The second-order valence-electron chi connectivity index (χ2n) is 6.69. The monoisotopic (exact) mass is 364 g/mol. The van der Waals surface area contributed by atoms with Crippen LogP contribution in [0.3, 0.4) is 0 Å². The van der Waals surface area contributed by atoms with E-state index in [2.05, 4.69) is 80.2 Å². The maximum absolute atomic E-state index is 5.08. The van der Waals surface area contributed by atoms with Crippen molar-refractivity contribution in [3.05, 3.63) is 71.8 Å². The summed E-state index contributed by atoms with van der Waals surface area (Å²) < 4.78 is 0. The lowest BCUT2D eigenvalue weighted by Gasteiger charge is -2.40. The summed E-state index contributed by atoms with van der Waals surface area (Å²) in [7, 11) is 1.53. The summed E-state index contributed by atoms with van der Waals surface area (Å²) in [6.07, 6.45) is 2.17. The van der Waals surface area contributed by atoms with Crippen molar-refractivity contribution in [1.82, 2.24) is 25.7 Å². The molecule has 1 aromatic heterocycles. The van der Waals surface area contributed by atoms with Crippen LogP contribution in [0, 0.1) is 0 Å². The summed E-state index contributed by atoms with van der Waals surface area (Å²) in [5, 5.41) is 16.3. The molecule has 3 aromatic rings. The van der Waals surface area contributed by atoms with Crippen LogP contribution in [0.4, 0.5) is 5.95 Å². The van der Waals surface area contributed by atoms with Crippen LogP contribution in [0.5, 0.6) is 0 Å². The number of nitrogens with one attached hydrogen (secondary N) is 1. The molecule has 1 aliphatic rings. The van der Waals surface area contributed by atoms with Crippen LogP contribution in [0.2, 0.25) is 0 Å². The average Bonchev–Trinajstić information content (AvgIpc) is 3.22. The number of benzene rings is 2. The van der Waals surface area contributed by atoms with Crippen molar-refractivity contribution >= 4 is 5.95 Å². The summed E-state index contributed by atoms with van der Waals surface area (Å²) in [6, 6.07) is 21.4. The van der Waals surface area contributed by atoms with Gasteiger partial charge in [0.1, 0.15) is 7.11 Å². The molecule has 2 unspecified atom stereocenters. The lowest BCUT2D eigenvalue weighted by Crippen LogP contribution is -2.48. The molecule has 0 bridgehead atoms. The van der Waals surface area contributed by atoms with E-state index >= 15 is 0 Å². The molecule has 1 saturated heterocycles. The van der Waals surface area contributed by atoms with Gasteiger partial charge in [0.2, 0.25) is 0 Å². The van der Waals surface area contributed by atoms with Crippen LogP contribution in [0.25, 0.3) is 0 Å². The highest BCUT2D eigenvalue weighted by Crippen LogP contribution is 2.30. The third kappa shape index (κ3) is 3.93. The predicted octanol–water partition coefficient (Wildman–Crippen LogP) is 2.23. The molecule has 0 saturated carbocycles. The molecule has 7 nitrogen and oxygen atoms in total. The number of aromatic nitrogens is 4. The molecule has 140 valence electrons. The molecule has 2 atom stereocenters. The molecule has 7 heteroatoms. The smallest absolute Gasteiger partial charge is 0.270 e. The second-order valence-corrected chi connectivity index (χ2v) is 6.69. The van der Waals surface area contributed by atoms with Crippen molar-refractivity contribution in [1.29, 1.82) is 0 Å². The molecule has 0 aliphatic carbocycles. The van der Waals surface area contributed by atoms with E-state index in [4.69, 9.17) is 4.84 Å². The fourth-order valence-corrected chi connectivity index (χ4v) is 3.71. The van der Waals surface area contributed by atoms with Crippen molar-refractivity contribution in [3.63, 3.8) is 0 Å². The van der Waals surface area contributed by atoms with Gasteiger partial charge < -0.3 is 15.1 Å². The Kier molecular flexibility index (Phi) is 5.29. The number of hydrogen-bond donors (Lipinski definition) is 1. The molecule has 0 spiro atoms. The van der Waals surface area contributed by atoms with Crippen LogP contribution in [0.1, 0.15) is 30.0 Å². The molecule has 1 fully saturated rings. The SMILES string of the molecule is COn1nnc(N(Cc2ccccc2)C2CCCNC2c2ccccc2)n1. The van der Waals surface area contributed by atoms with Gasteiger partial charge in [-0.2, -0.15) is 0 Å². The lowest BCUT2D eigenvalue weighted by molar-refractivity contribution is 0.0958. The lowest BCUT2D eigenvalue weighted by atomic mass is 9.91. The third-order valence-corrected chi connectivity index (χ3v) is 4.99. The Balaban J connectivity index is 1.69. The van der Waals surface area contributed by atoms with E-state index in [0.29, 0.717) is 12.5 Å². The standard InChI is InChI=1S/C20H24N6O/c1-27-26-23-20(22-24-26)25(15-16-9-4-2-5-10-16)18-13-8-14-21-19(18)17-11-6-3-7-12-17/h2-7,9-12,18-19,21H,8,13-15H2,1H3. The quantitative estimate of drug-likeness (QED) is 0.723. The number of nitrogens with zero attached hydrogens (tertiary/aromatic N) is 5. The zero-order valence-corrected chi connectivity index (χ0v) is 15.4. The highest BCUT2D eigenvalue weighted by atomic mass is 16.7. The Morgan fingerprint density at radius 2 is 1.85 bits per heavy atom. The maximum Gasteiger partial charge on any atom is 0.270 e. The van der Waals surface area contributed by atoms with Gasteiger partial charge in [-0.1, -0.05) is 70.9 Å². The maximum atomic E-state index is 5.08. The van der Waals surface area contributed by atoms with E-state index in [1.807, 2.05) is 6.07 Å². The molecule has 0 radical (unpaired) electrons. The predicted molar refractivity (Wildman–Crippen MR) is 103 cm³/mol. The van der Waals surface area contributed by atoms with Gasteiger partial charge in [-0.25, -0.2) is 0 Å². The second kappa shape index (κ2) is 8.18. The van der Waals surface area contributed by atoms with Crippen molar-refractivity contribution in [2.75, 3.05) is 18.6 Å². The van der Waals surface area contributed by atoms with Crippen LogP contribution in [-0.4, -0.2) is 40.1 Å². The largest absolute Gasteiger partial charge is 0.383 e. The van der Waals surface area contributed by atoms with Crippen molar-refractivity contribution in [2.45, 2.75) is 31.5 Å². The first-order chi connectivity index (χ1) is 13.3. The van der Waals surface area contributed by atoms with Crippen molar-refractivity contribution in [2.24, 2.45) is 0 Å². The Morgan fingerprint density at radius 1 is 1.11 bits per heavy atom. The Labute approximate surface area is 158 Å². The van der Waals surface area contributed by atoms with Gasteiger partial charge in [-0.05, 0) is 35.7 Å². The van der Waals surface area contributed by atoms with Gasteiger partial charge in [-0.3, -0.25) is 0 Å². The third-order valence-electron chi connectivity index (χ3n) is 4.99. The Hall–Kier alpha value is -2.93. The minimum atomic E-state index is 0.207. The van der Waals surface area contributed by atoms with E-state index < -0.39 is 0 Å². The molecular weight excluding hydrogens is 340 g/mol. The number of hydrogen-bond acceptors (Lipinski definition) is 6. The van der Waals surface area contributed by atoms with Gasteiger partial charge >= 0.3 is 0 Å². The molecule has 1 aliphatic heterocycles. The van der Waals surface area contributed by atoms with Crippen LogP contribution in [0.15, 0.2) is 60.7 Å². The fourth-order valence-electron chi connectivity index (χ4n) is 3.71. The van der Waals surface area contributed by atoms with Gasteiger partial charge in [0, 0.05) is 11.5 Å². The van der Waals surface area contributed by atoms with E-state index in [-0.39, 0.29) is 12.1 Å². The number of anilines is 1. The summed E-state index contributed by atoms with van der Waals surface area (Å²) in [4.78, 5) is 8.48. The van der Waals surface area contributed by atoms with Gasteiger partial charge in [0.05, 0.1) is 12.1 Å². The zero-order chi connectivity index (χ0) is 18.5. The normalized spacial score (nSPS) is 19.6. The molecular formula is C20H24N6O. The summed E-state index contributed by atoms with van der Waals surface area (Å²) in [5.74, 6) is 0.579. The minimum Gasteiger partial charge on any atom is -0.383 e. The number of rotatable bonds is 6. The molecule has 2 aromatic carbocycles. The molecule has 0 amide bonds. The topological polar surface area (TPSA) is 68.1 Å². The van der Waals surface area contributed by atoms with E-state index in [1.54, 1.807) is 0 Å². The van der Waals surface area contributed by atoms with Gasteiger partial charge in [0.15, 0.2) is 0 Å². The van der Waals surface area contributed by atoms with E-state index in [0.717, 1.165) is 24.3 Å². The average molecular weight is 364 g/mol. The fraction of sp³-hybridized carbons (Fsp3) is 0.350. The zero-order valence-electron chi connectivity index (χ0n) is 15.4. The molecule has 2 heterocycles. The highest BCUT2D eigenvalue weighted by molar-refractivity contribution is 5.35. The van der Waals surface area contributed by atoms with Crippen LogP contribution >= 0.6 is 0 Å². The number of piperidine rings is 1. The van der Waals surface area contributed by atoms with Crippen LogP contribution in [-0.2, 0) is 6.54 Å². The number of tetrazole rings is 1. The van der Waals surface area contributed by atoms with Crippen LogP contribution < -0.4 is 15.1 Å². The van der Waals surface area contributed by atoms with Crippen molar-refractivity contribution < 1.29 is 4.84 Å². The van der Waals surface area contributed by atoms with E-state index in [9.17, 15) is 0 Å². The Morgan fingerprint density at radius 3 is 2.56 bits per heavy atom. The summed E-state index contributed by atoms with van der Waals surface area (Å²) >= 11 is 0. The molecule has 4 rings (SSSR count). The van der Waals surface area contributed by atoms with Gasteiger partial charge in [-0.15, -0.1) is 0 Å². The van der Waals surface area contributed by atoms with E-state index in [1.165, 1.54) is 18.2 Å². The first-order valence-corrected chi connectivity index (χ1v) is 9.28. The molecule has 27 heavy (non-hydrogen) atoms. The minimum absolute atomic E-state index is 0.207. The first kappa shape index (κ1) is 17.5. The summed E-state index contributed by atoms with van der Waals surface area (Å²) in [5.41, 5.74) is 2.49. The first-order valence-electron chi connectivity index (χ1n) is 9.28. The van der Waals surface area contributed by atoms with Gasteiger partial charge in [0.25, 0.3) is 5.95 Å².